The molecule has 3 amide bonds. The van der Waals surface area contributed by atoms with E-state index in [-0.39, 0.29) is 36.1 Å². The molecular formula is C21H30N4O4. The molecule has 0 saturated carbocycles. The highest BCUT2D eigenvalue weighted by Crippen LogP contribution is 2.28. The summed E-state index contributed by atoms with van der Waals surface area (Å²) < 4.78 is 5.16. The lowest BCUT2D eigenvalue weighted by Crippen LogP contribution is -2.52. The van der Waals surface area contributed by atoms with Crippen molar-refractivity contribution in [3.8, 4) is 5.75 Å². The molecule has 0 bridgehead atoms. The van der Waals surface area contributed by atoms with E-state index in [9.17, 15) is 14.4 Å². The second kappa shape index (κ2) is 9.26. The standard InChI is InChI=1S/C21H30N4O4/c1-15(2)22-19(26)14-23-8-10-24(11-9-23)21(28)16-12-20(27)25(13-16)17-4-6-18(29-3)7-5-17/h4-7,15-16H,8-14H2,1-3H3,(H,22,26)/t16-/m0/s1. The second-order valence-corrected chi connectivity index (χ2v) is 7.93. The average Bonchev–Trinajstić information content (AvgIpc) is 3.09. The molecule has 0 aromatic heterocycles. The molecule has 0 aliphatic carbocycles. The first-order chi connectivity index (χ1) is 13.9. The quantitative estimate of drug-likeness (QED) is 0.758. The fraction of sp³-hybridized carbons (Fsp3) is 0.571. The summed E-state index contributed by atoms with van der Waals surface area (Å²) in [6.45, 7) is 7.13. The lowest BCUT2D eigenvalue weighted by Gasteiger charge is -2.35. The van der Waals surface area contributed by atoms with E-state index in [0.29, 0.717) is 39.3 Å². The third kappa shape index (κ3) is 5.26. The normalized spacial score (nSPS) is 20.3. The number of carbonyl (C=O) groups excluding carboxylic acids is 3. The SMILES string of the molecule is COc1ccc(N2C[C@@H](C(=O)N3CCN(CC(=O)NC(C)C)CC3)CC2=O)cc1. The molecule has 8 heteroatoms. The van der Waals surface area contributed by atoms with Gasteiger partial charge in [-0.25, -0.2) is 0 Å². The zero-order chi connectivity index (χ0) is 21.0. The minimum Gasteiger partial charge on any atom is -0.497 e. The lowest BCUT2D eigenvalue weighted by atomic mass is 10.1. The summed E-state index contributed by atoms with van der Waals surface area (Å²) in [6.07, 6.45) is 0.238. The number of nitrogens with zero attached hydrogens (tertiary/aromatic N) is 3. The van der Waals surface area contributed by atoms with E-state index in [2.05, 4.69) is 10.2 Å². The van der Waals surface area contributed by atoms with E-state index >= 15 is 0 Å². The molecule has 1 aromatic carbocycles. The lowest BCUT2D eigenvalue weighted by molar-refractivity contribution is -0.137. The summed E-state index contributed by atoms with van der Waals surface area (Å²) in [5, 5.41) is 2.89. The topological polar surface area (TPSA) is 82.2 Å². The Labute approximate surface area is 171 Å². The first-order valence-corrected chi connectivity index (χ1v) is 10.1. The number of ether oxygens (including phenoxy) is 1. The van der Waals surface area contributed by atoms with Gasteiger partial charge in [0, 0.05) is 50.9 Å². The summed E-state index contributed by atoms with van der Waals surface area (Å²) in [5.41, 5.74) is 0.784. The van der Waals surface area contributed by atoms with Crippen LogP contribution in [-0.2, 0) is 14.4 Å². The fourth-order valence-electron chi connectivity index (χ4n) is 3.84. The van der Waals surface area contributed by atoms with Crippen molar-refractivity contribution in [2.45, 2.75) is 26.3 Å². The third-order valence-corrected chi connectivity index (χ3v) is 5.36. The molecule has 2 saturated heterocycles. The molecule has 2 fully saturated rings. The van der Waals surface area contributed by atoms with Crippen LogP contribution in [0.3, 0.4) is 0 Å². The molecule has 29 heavy (non-hydrogen) atoms. The Balaban J connectivity index is 1.51. The molecule has 0 spiro atoms. The van der Waals surface area contributed by atoms with Gasteiger partial charge in [-0.15, -0.1) is 0 Å². The largest absolute Gasteiger partial charge is 0.497 e. The van der Waals surface area contributed by atoms with Gasteiger partial charge in [0.1, 0.15) is 5.75 Å². The molecular weight excluding hydrogens is 372 g/mol. The summed E-state index contributed by atoms with van der Waals surface area (Å²) in [6, 6.07) is 7.42. The van der Waals surface area contributed by atoms with E-state index in [4.69, 9.17) is 4.74 Å². The van der Waals surface area contributed by atoms with Crippen molar-refractivity contribution in [2.75, 3.05) is 51.3 Å². The van der Waals surface area contributed by atoms with Gasteiger partial charge in [0.2, 0.25) is 17.7 Å². The Morgan fingerprint density at radius 2 is 1.79 bits per heavy atom. The van der Waals surface area contributed by atoms with E-state index in [1.807, 2.05) is 43.0 Å². The van der Waals surface area contributed by atoms with E-state index in [0.717, 1.165) is 11.4 Å². The Hall–Kier alpha value is -2.61. The molecule has 158 valence electrons. The molecule has 1 N–H and O–H groups in total. The third-order valence-electron chi connectivity index (χ3n) is 5.36. The summed E-state index contributed by atoms with van der Waals surface area (Å²) in [5.74, 6) is 0.419. The Morgan fingerprint density at radius 1 is 1.14 bits per heavy atom. The van der Waals surface area contributed by atoms with Crippen molar-refractivity contribution in [1.82, 2.24) is 15.1 Å². The van der Waals surface area contributed by atoms with Gasteiger partial charge in [0.05, 0.1) is 19.6 Å². The minimum atomic E-state index is -0.319. The Bertz CT molecular complexity index is 742. The molecule has 0 unspecified atom stereocenters. The summed E-state index contributed by atoms with van der Waals surface area (Å²) in [7, 11) is 1.60. The predicted octanol–water partition coefficient (Wildman–Crippen LogP) is 0.717. The number of piperazine rings is 1. The van der Waals surface area contributed by atoms with Crippen LogP contribution >= 0.6 is 0 Å². The van der Waals surface area contributed by atoms with Gasteiger partial charge in [-0.2, -0.15) is 0 Å². The van der Waals surface area contributed by atoms with Crippen LogP contribution < -0.4 is 15.0 Å². The van der Waals surface area contributed by atoms with Crippen LogP contribution in [0.25, 0.3) is 0 Å². The molecule has 0 radical (unpaired) electrons. The van der Waals surface area contributed by atoms with Gasteiger partial charge in [-0.05, 0) is 38.1 Å². The van der Waals surface area contributed by atoms with Gasteiger partial charge in [0.25, 0.3) is 0 Å². The van der Waals surface area contributed by atoms with Crippen LogP contribution in [0.4, 0.5) is 5.69 Å². The number of rotatable bonds is 6. The fourth-order valence-corrected chi connectivity index (χ4v) is 3.84. The van der Waals surface area contributed by atoms with Crippen molar-refractivity contribution in [3.05, 3.63) is 24.3 Å². The smallest absolute Gasteiger partial charge is 0.234 e. The summed E-state index contributed by atoms with van der Waals surface area (Å²) in [4.78, 5) is 42.9. The monoisotopic (exact) mass is 402 g/mol. The van der Waals surface area contributed by atoms with Gasteiger partial charge in [0.15, 0.2) is 0 Å². The molecule has 2 aliphatic heterocycles. The van der Waals surface area contributed by atoms with Gasteiger partial charge >= 0.3 is 0 Å². The number of methoxy groups -OCH3 is 1. The van der Waals surface area contributed by atoms with Crippen molar-refractivity contribution in [1.29, 1.82) is 0 Å². The minimum absolute atomic E-state index is 0.0105. The van der Waals surface area contributed by atoms with Crippen LogP contribution in [0.15, 0.2) is 24.3 Å². The van der Waals surface area contributed by atoms with Crippen LogP contribution in [0, 0.1) is 5.92 Å². The van der Waals surface area contributed by atoms with Crippen molar-refractivity contribution in [3.63, 3.8) is 0 Å². The van der Waals surface area contributed by atoms with E-state index in [1.165, 1.54) is 0 Å². The Kier molecular flexibility index (Phi) is 6.74. The number of anilines is 1. The van der Waals surface area contributed by atoms with Gasteiger partial charge in [-0.3, -0.25) is 19.3 Å². The van der Waals surface area contributed by atoms with Crippen molar-refractivity contribution >= 4 is 23.4 Å². The van der Waals surface area contributed by atoms with Gasteiger partial charge in [-0.1, -0.05) is 0 Å². The second-order valence-electron chi connectivity index (χ2n) is 7.93. The first-order valence-electron chi connectivity index (χ1n) is 10.1. The van der Waals surface area contributed by atoms with Crippen LogP contribution in [-0.4, -0.2) is 79.9 Å². The van der Waals surface area contributed by atoms with Crippen molar-refractivity contribution in [2.24, 2.45) is 5.92 Å². The molecule has 8 nitrogen and oxygen atoms in total. The van der Waals surface area contributed by atoms with Crippen LogP contribution in [0.1, 0.15) is 20.3 Å². The molecule has 1 atom stereocenters. The molecule has 2 aliphatic rings. The highest BCUT2D eigenvalue weighted by atomic mass is 16.5. The molecule has 2 heterocycles. The van der Waals surface area contributed by atoms with Gasteiger partial charge < -0.3 is 19.9 Å². The number of benzene rings is 1. The van der Waals surface area contributed by atoms with Crippen LogP contribution in [0.2, 0.25) is 0 Å². The molecule has 3 rings (SSSR count). The highest BCUT2D eigenvalue weighted by molar-refractivity contribution is 6.00. The first kappa shape index (κ1) is 21.1. The zero-order valence-electron chi connectivity index (χ0n) is 17.4. The maximum Gasteiger partial charge on any atom is 0.234 e. The number of hydrogen-bond donors (Lipinski definition) is 1. The number of nitrogens with one attached hydrogen (secondary N) is 1. The average molecular weight is 402 g/mol. The maximum atomic E-state index is 12.9. The predicted molar refractivity (Wildman–Crippen MR) is 110 cm³/mol. The number of hydrogen-bond acceptors (Lipinski definition) is 5. The number of carbonyl (C=O) groups is 3. The zero-order valence-corrected chi connectivity index (χ0v) is 17.4. The molecule has 1 aromatic rings. The van der Waals surface area contributed by atoms with E-state index in [1.54, 1.807) is 12.0 Å². The Morgan fingerprint density at radius 3 is 2.38 bits per heavy atom. The summed E-state index contributed by atoms with van der Waals surface area (Å²) >= 11 is 0. The van der Waals surface area contributed by atoms with Crippen LogP contribution in [0.5, 0.6) is 5.75 Å². The van der Waals surface area contributed by atoms with E-state index < -0.39 is 0 Å². The maximum absolute atomic E-state index is 12.9. The van der Waals surface area contributed by atoms with Crippen molar-refractivity contribution < 1.29 is 19.1 Å². The highest BCUT2D eigenvalue weighted by Gasteiger charge is 2.38. The number of amides is 3.